The summed E-state index contributed by atoms with van der Waals surface area (Å²) in [5.74, 6) is -0.0635. The maximum Gasteiger partial charge on any atom is 0.242 e. The summed E-state index contributed by atoms with van der Waals surface area (Å²) >= 11 is 5.84. The molecule has 20 heavy (non-hydrogen) atoms. The molecular formula is C14H18ClN3O2. The molecule has 1 aliphatic rings. The number of carbonyl (C=O) groups excluding carboxylic acids is 2. The van der Waals surface area contributed by atoms with Crippen molar-refractivity contribution in [2.75, 3.05) is 25.4 Å². The highest BCUT2D eigenvalue weighted by molar-refractivity contribution is 6.30. The number of nitrogen functional groups attached to an aromatic ring is 1. The van der Waals surface area contributed by atoms with Crippen LogP contribution in [0.3, 0.4) is 0 Å². The second-order valence-electron chi connectivity index (χ2n) is 4.91. The van der Waals surface area contributed by atoms with Crippen LogP contribution < -0.4 is 5.73 Å². The Labute approximate surface area is 123 Å². The van der Waals surface area contributed by atoms with Gasteiger partial charge in [-0.3, -0.25) is 9.59 Å². The summed E-state index contributed by atoms with van der Waals surface area (Å²) in [6, 6.07) is 5.16. The SMILES string of the molecule is CCCN1CC(=O)N(Cc2ccc(Cl)cc2N)CC1=O. The number of nitrogens with two attached hydrogens (primary N) is 1. The molecule has 2 N–H and O–H groups in total. The van der Waals surface area contributed by atoms with Gasteiger partial charge >= 0.3 is 0 Å². The lowest BCUT2D eigenvalue weighted by Crippen LogP contribution is -2.53. The molecule has 0 atom stereocenters. The Bertz CT molecular complexity index is 533. The van der Waals surface area contributed by atoms with E-state index in [-0.39, 0.29) is 24.9 Å². The second kappa shape index (κ2) is 6.13. The van der Waals surface area contributed by atoms with Crippen molar-refractivity contribution in [1.29, 1.82) is 0 Å². The van der Waals surface area contributed by atoms with E-state index in [0.717, 1.165) is 12.0 Å². The van der Waals surface area contributed by atoms with Gasteiger partial charge in [0.2, 0.25) is 11.8 Å². The van der Waals surface area contributed by atoms with Crippen molar-refractivity contribution in [1.82, 2.24) is 9.80 Å². The molecule has 6 heteroatoms. The number of amides is 2. The molecule has 0 saturated carbocycles. The van der Waals surface area contributed by atoms with Crippen molar-refractivity contribution >= 4 is 29.1 Å². The molecule has 1 fully saturated rings. The van der Waals surface area contributed by atoms with Crippen molar-refractivity contribution in [2.45, 2.75) is 19.9 Å². The summed E-state index contributed by atoms with van der Waals surface area (Å²) in [6.45, 7) is 3.22. The van der Waals surface area contributed by atoms with Gasteiger partial charge in [-0.2, -0.15) is 0 Å². The van der Waals surface area contributed by atoms with Gasteiger partial charge in [-0.1, -0.05) is 24.6 Å². The van der Waals surface area contributed by atoms with Gasteiger partial charge in [0.15, 0.2) is 0 Å². The molecule has 1 aromatic rings. The molecule has 0 radical (unpaired) electrons. The Balaban J connectivity index is 2.07. The number of halogens is 1. The maximum atomic E-state index is 12.1. The first kappa shape index (κ1) is 14.7. The number of nitrogens with zero attached hydrogens (tertiary/aromatic N) is 2. The van der Waals surface area contributed by atoms with Gasteiger partial charge in [0.05, 0.1) is 6.54 Å². The third-order valence-electron chi connectivity index (χ3n) is 3.32. The summed E-state index contributed by atoms with van der Waals surface area (Å²) in [5, 5.41) is 0.557. The van der Waals surface area contributed by atoms with E-state index >= 15 is 0 Å². The molecule has 0 aromatic heterocycles. The zero-order valence-electron chi connectivity index (χ0n) is 11.4. The molecule has 1 aliphatic heterocycles. The van der Waals surface area contributed by atoms with Crippen LogP contribution >= 0.6 is 11.6 Å². The lowest BCUT2D eigenvalue weighted by atomic mass is 10.1. The van der Waals surface area contributed by atoms with Crippen LogP contribution in [0.25, 0.3) is 0 Å². The van der Waals surface area contributed by atoms with Gasteiger partial charge in [0, 0.05) is 23.8 Å². The normalized spacial score (nSPS) is 15.9. The van der Waals surface area contributed by atoms with E-state index in [9.17, 15) is 9.59 Å². The number of piperazine rings is 1. The third-order valence-corrected chi connectivity index (χ3v) is 3.56. The lowest BCUT2D eigenvalue weighted by Gasteiger charge is -2.34. The third kappa shape index (κ3) is 3.22. The van der Waals surface area contributed by atoms with Crippen LogP contribution in [0.2, 0.25) is 5.02 Å². The zero-order valence-corrected chi connectivity index (χ0v) is 12.2. The Morgan fingerprint density at radius 1 is 1.20 bits per heavy atom. The quantitative estimate of drug-likeness (QED) is 0.856. The Kier molecular flexibility index (Phi) is 4.49. The van der Waals surface area contributed by atoms with Gasteiger partial charge in [-0.25, -0.2) is 0 Å². The highest BCUT2D eigenvalue weighted by Gasteiger charge is 2.29. The maximum absolute atomic E-state index is 12.1. The molecule has 1 saturated heterocycles. The minimum absolute atomic E-state index is 0.0148. The van der Waals surface area contributed by atoms with Crippen LogP contribution in [0.4, 0.5) is 5.69 Å². The van der Waals surface area contributed by atoms with Crippen LogP contribution in [0.1, 0.15) is 18.9 Å². The van der Waals surface area contributed by atoms with Crippen LogP contribution in [0.15, 0.2) is 18.2 Å². The topological polar surface area (TPSA) is 66.6 Å². The van der Waals surface area contributed by atoms with Crippen molar-refractivity contribution in [3.63, 3.8) is 0 Å². The van der Waals surface area contributed by atoms with Crippen LogP contribution in [0, 0.1) is 0 Å². The lowest BCUT2D eigenvalue weighted by molar-refractivity contribution is -0.150. The Hall–Kier alpha value is -1.75. The van der Waals surface area contributed by atoms with Gasteiger partial charge in [0.25, 0.3) is 0 Å². The standard InChI is InChI=1S/C14H18ClN3O2/c1-2-5-17-8-14(20)18(9-13(17)19)7-10-3-4-11(15)6-12(10)16/h3-4,6H,2,5,7-9,16H2,1H3. The molecule has 0 spiro atoms. The van der Waals surface area contributed by atoms with Gasteiger partial charge in [-0.15, -0.1) is 0 Å². The molecule has 0 aliphatic carbocycles. The average Bonchev–Trinajstić information content (AvgIpc) is 2.38. The van der Waals surface area contributed by atoms with Crippen molar-refractivity contribution in [3.8, 4) is 0 Å². The Morgan fingerprint density at radius 3 is 2.50 bits per heavy atom. The molecule has 1 heterocycles. The number of rotatable bonds is 4. The number of carbonyl (C=O) groups is 2. The Morgan fingerprint density at radius 2 is 1.85 bits per heavy atom. The summed E-state index contributed by atoms with van der Waals surface area (Å²) < 4.78 is 0. The fraction of sp³-hybridized carbons (Fsp3) is 0.429. The highest BCUT2D eigenvalue weighted by Crippen LogP contribution is 2.20. The first-order valence-corrected chi connectivity index (χ1v) is 6.98. The monoisotopic (exact) mass is 295 g/mol. The van der Waals surface area contributed by atoms with E-state index in [1.54, 1.807) is 23.1 Å². The smallest absolute Gasteiger partial charge is 0.242 e. The number of benzene rings is 1. The molecule has 5 nitrogen and oxygen atoms in total. The van der Waals surface area contributed by atoms with Crippen molar-refractivity contribution in [2.24, 2.45) is 0 Å². The van der Waals surface area contributed by atoms with Gasteiger partial charge in [-0.05, 0) is 24.1 Å². The molecule has 2 rings (SSSR count). The largest absolute Gasteiger partial charge is 0.398 e. The van der Waals surface area contributed by atoms with E-state index in [1.165, 1.54) is 4.90 Å². The number of anilines is 1. The van der Waals surface area contributed by atoms with E-state index in [1.807, 2.05) is 6.92 Å². The summed E-state index contributed by atoms with van der Waals surface area (Å²) in [5.41, 5.74) is 7.22. The summed E-state index contributed by atoms with van der Waals surface area (Å²) in [6.07, 6.45) is 0.850. The number of hydrogen-bond donors (Lipinski definition) is 1. The van der Waals surface area contributed by atoms with E-state index in [0.29, 0.717) is 23.8 Å². The van der Waals surface area contributed by atoms with Crippen LogP contribution in [0.5, 0.6) is 0 Å². The molecule has 1 aromatic carbocycles. The highest BCUT2D eigenvalue weighted by atomic mass is 35.5. The van der Waals surface area contributed by atoms with Gasteiger partial charge < -0.3 is 15.5 Å². The van der Waals surface area contributed by atoms with Crippen molar-refractivity contribution in [3.05, 3.63) is 28.8 Å². The van der Waals surface area contributed by atoms with Crippen molar-refractivity contribution < 1.29 is 9.59 Å². The summed E-state index contributed by atoms with van der Waals surface area (Å²) in [4.78, 5) is 27.2. The molecular weight excluding hydrogens is 278 g/mol. The van der Waals surface area contributed by atoms with E-state index in [4.69, 9.17) is 17.3 Å². The molecule has 0 unspecified atom stereocenters. The van der Waals surface area contributed by atoms with E-state index in [2.05, 4.69) is 0 Å². The molecule has 2 amide bonds. The van der Waals surface area contributed by atoms with Crippen LogP contribution in [-0.2, 0) is 16.1 Å². The fourth-order valence-electron chi connectivity index (χ4n) is 2.24. The first-order chi connectivity index (χ1) is 9.51. The van der Waals surface area contributed by atoms with Gasteiger partial charge in [0.1, 0.15) is 6.54 Å². The van der Waals surface area contributed by atoms with Crippen LogP contribution in [-0.4, -0.2) is 41.2 Å². The zero-order chi connectivity index (χ0) is 14.7. The minimum atomic E-state index is -0.0487. The average molecular weight is 296 g/mol. The predicted octanol–water partition coefficient (Wildman–Crippen LogP) is 1.50. The minimum Gasteiger partial charge on any atom is -0.398 e. The predicted molar refractivity (Wildman–Crippen MR) is 78.2 cm³/mol. The summed E-state index contributed by atoms with van der Waals surface area (Å²) in [7, 11) is 0. The molecule has 0 bridgehead atoms. The van der Waals surface area contributed by atoms with E-state index < -0.39 is 0 Å². The molecule has 108 valence electrons. The second-order valence-corrected chi connectivity index (χ2v) is 5.34. The first-order valence-electron chi connectivity index (χ1n) is 6.60. The fourth-order valence-corrected chi connectivity index (χ4v) is 2.42. The number of hydrogen-bond acceptors (Lipinski definition) is 3.